The molecule has 0 amide bonds. The summed E-state index contributed by atoms with van der Waals surface area (Å²) in [5.41, 5.74) is 0.281. The zero-order chi connectivity index (χ0) is 15.4. The Morgan fingerprint density at radius 1 is 1.38 bits per heavy atom. The topological polar surface area (TPSA) is 74.6 Å². The number of hydrogen-bond donors (Lipinski definition) is 3. The van der Waals surface area contributed by atoms with Crippen LogP contribution in [0.25, 0.3) is 0 Å². The minimum absolute atomic E-state index is 0.211. The van der Waals surface area contributed by atoms with E-state index in [1.807, 2.05) is 0 Å². The molecule has 110 valence electrons. The zero-order valence-electron chi connectivity index (χ0n) is 10.9. The van der Waals surface area contributed by atoms with Gasteiger partial charge in [0.15, 0.2) is 0 Å². The number of rotatable bonds is 5. The maximum atomic E-state index is 13.4. The lowest BCUT2D eigenvalue weighted by Gasteiger charge is -2.10. The predicted octanol–water partition coefficient (Wildman–Crippen LogP) is 1.68. The van der Waals surface area contributed by atoms with Crippen molar-refractivity contribution in [3.63, 3.8) is 0 Å². The van der Waals surface area contributed by atoms with Crippen LogP contribution >= 0.6 is 23.5 Å². The Kier molecular flexibility index (Phi) is 5.30. The van der Waals surface area contributed by atoms with Crippen molar-refractivity contribution in [3.05, 3.63) is 41.3 Å². The molecule has 0 saturated carbocycles. The lowest BCUT2D eigenvalue weighted by molar-refractivity contribution is 0.387. The number of nitrogens with one attached hydrogen (secondary N) is 1. The Bertz CT molecular complexity index is 648. The number of hydrogen-bond acceptors (Lipinski definition) is 6. The van der Waals surface area contributed by atoms with Gasteiger partial charge >= 0.3 is 7.12 Å². The molecule has 9 heteroatoms. The Hall–Kier alpha value is -1.48. The molecule has 5 nitrogen and oxygen atoms in total. The molecule has 0 aliphatic rings. The van der Waals surface area contributed by atoms with Crippen LogP contribution in [0, 0.1) is 5.82 Å². The van der Waals surface area contributed by atoms with Gasteiger partial charge in [0, 0.05) is 17.3 Å². The maximum absolute atomic E-state index is 13.4. The van der Waals surface area contributed by atoms with Crippen molar-refractivity contribution < 1.29 is 19.2 Å². The van der Waals surface area contributed by atoms with Crippen LogP contribution in [0.2, 0.25) is 5.02 Å². The first-order chi connectivity index (χ1) is 10.0. The molecular formula is C12H11BClFN2O3S. The highest BCUT2D eigenvalue weighted by Crippen LogP contribution is 2.30. The quantitative estimate of drug-likeness (QED) is 0.573. The summed E-state index contributed by atoms with van der Waals surface area (Å²) >= 11 is 7.03. The van der Waals surface area contributed by atoms with E-state index < -0.39 is 12.9 Å². The van der Waals surface area contributed by atoms with Crippen molar-refractivity contribution in [2.45, 2.75) is 4.90 Å². The van der Waals surface area contributed by atoms with Crippen LogP contribution in [0.5, 0.6) is 5.88 Å². The Morgan fingerprint density at radius 2 is 2.14 bits per heavy atom. The van der Waals surface area contributed by atoms with E-state index in [-0.39, 0.29) is 5.46 Å². The van der Waals surface area contributed by atoms with Crippen molar-refractivity contribution in [2.24, 2.45) is 0 Å². The van der Waals surface area contributed by atoms with Gasteiger partial charge in [-0.1, -0.05) is 11.6 Å². The lowest BCUT2D eigenvalue weighted by atomic mass is 9.80. The molecule has 0 aliphatic heterocycles. The van der Waals surface area contributed by atoms with Crippen molar-refractivity contribution in [2.75, 3.05) is 11.8 Å². The minimum atomic E-state index is -1.88. The Labute approximate surface area is 130 Å². The maximum Gasteiger partial charge on any atom is 0.491 e. The van der Waals surface area contributed by atoms with E-state index in [4.69, 9.17) is 26.4 Å². The van der Waals surface area contributed by atoms with E-state index in [0.29, 0.717) is 21.5 Å². The van der Waals surface area contributed by atoms with Gasteiger partial charge in [0.2, 0.25) is 5.88 Å². The molecule has 21 heavy (non-hydrogen) atoms. The standard InChI is InChI=1S/C12H11BClFN2O3S/c1-20-12-11(4-7(14)6-16-12)21-17-8-2-3-10(15)9(5-8)13(18)19/h2-6,17-19H,1H3. The first-order valence-corrected chi connectivity index (χ1v) is 6.98. The molecular weight excluding hydrogens is 317 g/mol. The van der Waals surface area contributed by atoms with Crippen LogP contribution in [0.1, 0.15) is 0 Å². The Balaban J connectivity index is 2.17. The summed E-state index contributed by atoms with van der Waals surface area (Å²) in [4.78, 5) is 4.65. The summed E-state index contributed by atoms with van der Waals surface area (Å²) in [5, 5.41) is 18.6. The van der Waals surface area contributed by atoms with Crippen molar-refractivity contribution in [1.82, 2.24) is 4.98 Å². The lowest BCUT2D eigenvalue weighted by Crippen LogP contribution is -2.32. The SMILES string of the molecule is COc1ncc(Cl)cc1SNc1ccc(F)c(B(O)O)c1. The molecule has 0 aliphatic carbocycles. The predicted molar refractivity (Wildman–Crippen MR) is 81.5 cm³/mol. The summed E-state index contributed by atoms with van der Waals surface area (Å²) in [5.74, 6) is -0.302. The molecule has 0 bridgehead atoms. The number of aromatic nitrogens is 1. The van der Waals surface area contributed by atoms with Crippen molar-refractivity contribution in [3.8, 4) is 5.88 Å². The number of pyridine rings is 1. The van der Waals surface area contributed by atoms with Gasteiger partial charge in [-0.25, -0.2) is 9.37 Å². The van der Waals surface area contributed by atoms with Gasteiger partial charge in [-0.2, -0.15) is 0 Å². The number of halogens is 2. The van der Waals surface area contributed by atoms with Crippen LogP contribution in [0.3, 0.4) is 0 Å². The fraction of sp³-hybridized carbons (Fsp3) is 0.0833. The van der Waals surface area contributed by atoms with E-state index in [2.05, 4.69) is 9.71 Å². The third-order valence-electron chi connectivity index (χ3n) is 2.53. The monoisotopic (exact) mass is 328 g/mol. The summed E-state index contributed by atoms with van der Waals surface area (Å²) < 4.78 is 21.4. The second kappa shape index (κ2) is 6.99. The van der Waals surface area contributed by atoms with E-state index in [0.717, 1.165) is 18.0 Å². The molecule has 3 N–H and O–H groups in total. The first kappa shape index (κ1) is 15.9. The van der Waals surface area contributed by atoms with Gasteiger partial charge in [-0.05, 0) is 36.2 Å². The van der Waals surface area contributed by atoms with Crippen LogP contribution in [-0.4, -0.2) is 29.3 Å². The van der Waals surface area contributed by atoms with Crippen LogP contribution in [0.4, 0.5) is 10.1 Å². The fourth-order valence-electron chi connectivity index (χ4n) is 1.55. The minimum Gasteiger partial charge on any atom is -0.480 e. The first-order valence-electron chi connectivity index (χ1n) is 5.79. The number of methoxy groups -OCH3 is 1. The summed E-state index contributed by atoms with van der Waals surface area (Å²) in [7, 11) is -0.391. The van der Waals surface area contributed by atoms with E-state index in [1.165, 1.54) is 25.4 Å². The summed E-state index contributed by atoms with van der Waals surface area (Å²) in [6.07, 6.45) is 1.46. The average Bonchev–Trinajstić information content (AvgIpc) is 2.46. The zero-order valence-corrected chi connectivity index (χ0v) is 12.5. The molecule has 0 radical (unpaired) electrons. The van der Waals surface area contributed by atoms with Gasteiger partial charge in [-0.3, -0.25) is 0 Å². The second-order valence-electron chi connectivity index (χ2n) is 3.98. The highest BCUT2D eigenvalue weighted by atomic mass is 35.5. The number of ether oxygens (including phenoxy) is 1. The molecule has 0 atom stereocenters. The highest BCUT2D eigenvalue weighted by Gasteiger charge is 2.17. The van der Waals surface area contributed by atoms with Crippen LogP contribution < -0.4 is 14.9 Å². The van der Waals surface area contributed by atoms with Crippen LogP contribution in [-0.2, 0) is 0 Å². The van der Waals surface area contributed by atoms with E-state index >= 15 is 0 Å². The molecule has 0 spiro atoms. The van der Waals surface area contributed by atoms with Gasteiger partial charge < -0.3 is 19.5 Å². The largest absolute Gasteiger partial charge is 0.491 e. The Morgan fingerprint density at radius 3 is 2.81 bits per heavy atom. The second-order valence-corrected chi connectivity index (χ2v) is 5.26. The number of benzene rings is 1. The summed E-state index contributed by atoms with van der Waals surface area (Å²) in [6, 6.07) is 5.58. The third-order valence-corrected chi connectivity index (χ3v) is 3.59. The molecule has 1 heterocycles. The van der Waals surface area contributed by atoms with Gasteiger partial charge in [0.1, 0.15) is 5.82 Å². The van der Waals surface area contributed by atoms with E-state index in [1.54, 1.807) is 6.07 Å². The molecule has 2 aromatic rings. The summed E-state index contributed by atoms with van der Waals surface area (Å²) in [6.45, 7) is 0. The van der Waals surface area contributed by atoms with E-state index in [9.17, 15) is 4.39 Å². The van der Waals surface area contributed by atoms with Crippen molar-refractivity contribution >= 4 is 41.8 Å². The highest BCUT2D eigenvalue weighted by molar-refractivity contribution is 8.00. The molecule has 1 aromatic heterocycles. The normalized spacial score (nSPS) is 10.3. The smallest absolute Gasteiger partial charge is 0.480 e. The molecule has 1 aromatic carbocycles. The molecule has 0 unspecified atom stereocenters. The number of anilines is 1. The van der Waals surface area contributed by atoms with Crippen molar-refractivity contribution in [1.29, 1.82) is 0 Å². The van der Waals surface area contributed by atoms with Gasteiger partial charge in [-0.15, -0.1) is 0 Å². The van der Waals surface area contributed by atoms with Gasteiger partial charge in [0.05, 0.1) is 17.0 Å². The molecule has 2 rings (SSSR count). The fourth-order valence-corrected chi connectivity index (χ4v) is 2.54. The average molecular weight is 329 g/mol. The van der Waals surface area contributed by atoms with Gasteiger partial charge in [0.25, 0.3) is 0 Å². The third kappa shape index (κ3) is 4.01. The van der Waals surface area contributed by atoms with Crippen LogP contribution in [0.15, 0.2) is 35.4 Å². The molecule has 0 fully saturated rings. The molecule has 0 saturated heterocycles. The number of nitrogens with zero attached hydrogens (tertiary/aromatic N) is 1.